The summed E-state index contributed by atoms with van der Waals surface area (Å²) in [5.74, 6) is 3.79. The molecule has 6 unspecified atom stereocenters. The molecule has 1 nitrogen and oxygen atoms in total. The lowest BCUT2D eigenvalue weighted by Crippen LogP contribution is -2.55. The van der Waals surface area contributed by atoms with Gasteiger partial charge in [-0.2, -0.15) is 0 Å². The number of rotatable bonds is 1. The van der Waals surface area contributed by atoms with Gasteiger partial charge < -0.3 is 5.11 Å². The molecule has 140 valence electrons. The maximum Gasteiger partial charge on any atom is 0.0648 e. The third-order valence-corrected chi connectivity index (χ3v) is 9.26. The second kappa shape index (κ2) is 6.60. The zero-order valence-corrected chi connectivity index (χ0v) is 17.0. The fraction of sp³-hybridized carbons (Fsp3) is 1.00. The van der Waals surface area contributed by atoms with Crippen LogP contribution in [-0.2, 0) is 0 Å². The summed E-state index contributed by atoms with van der Waals surface area (Å²) in [7, 11) is 0. The molecule has 4 fully saturated rings. The molecule has 4 aliphatic rings. The smallest absolute Gasteiger partial charge is 0.0648 e. The first-order chi connectivity index (χ1) is 11.4. The van der Waals surface area contributed by atoms with Gasteiger partial charge in [0.05, 0.1) is 5.60 Å². The molecule has 4 saturated carbocycles. The van der Waals surface area contributed by atoms with E-state index in [1.165, 1.54) is 51.4 Å². The quantitative estimate of drug-likeness (QED) is 0.573. The Morgan fingerprint density at radius 2 is 1.62 bits per heavy atom. The van der Waals surface area contributed by atoms with Crippen LogP contribution in [-0.4, -0.2) is 10.7 Å². The van der Waals surface area contributed by atoms with Crippen LogP contribution in [0.25, 0.3) is 0 Å². The highest BCUT2D eigenvalue weighted by Crippen LogP contribution is 2.66. The first-order valence-electron chi connectivity index (χ1n) is 11.1. The van der Waals surface area contributed by atoms with Gasteiger partial charge in [0, 0.05) is 0 Å². The predicted molar refractivity (Wildman–Crippen MR) is 103 cm³/mol. The van der Waals surface area contributed by atoms with Gasteiger partial charge >= 0.3 is 0 Å². The van der Waals surface area contributed by atoms with Gasteiger partial charge in [-0.25, -0.2) is 0 Å². The van der Waals surface area contributed by atoms with Crippen molar-refractivity contribution in [3.63, 3.8) is 0 Å². The lowest BCUT2D eigenvalue weighted by atomic mass is 9.44. The van der Waals surface area contributed by atoms with Crippen LogP contribution in [0.2, 0.25) is 0 Å². The molecule has 0 heterocycles. The summed E-state index contributed by atoms with van der Waals surface area (Å²) < 4.78 is 0. The van der Waals surface area contributed by atoms with E-state index in [4.69, 9.17) is 0 Å². The SMILES string of the molecule is CC.CC[C@]1(O)CCC2(C)C(CCC3C4CCCC4(C)CCC32)C1. The Hall–Kier alpha value is -0.0400. The molecule has 0 amide bonds. The predicted octanol–water partition coefficient (Wildman–Crippen LogP) is 6.59. The molecule has 24 heavy (non-hydrogen) atoms. The highest BCUT2D eigenvalue weighted by Gasteiger charge is 2.58. The summed E-state index contributed by atoms with van der Waals surface area (Å²) in [4.78, 5) is 0. The topological polar surface area (TPSA) is 20.2 Å². The van der Waals surface area contributed by atoms with Crippen molar-refractivity contribution in [3.05, 3.63) is 0 Å². The summed E-state index contributed by atoms with van der Waals surface area (Å²) >= 11 is 0. The number of aliphatic hydroxyl groups is 1. The fourth-order valence-corrected chi connectivity index (χ4v) is 7.64. The second-order valence-electron chi connectivity index (χ2n) is 10.0. The van der Waals surface area contributed by atoms with E-state index < -0.39 is 0 Å². The molecule has 0 aromatic heterocycles. The van der Waals surface area contributed by atoms with Crippen LogP contribution < -0.4 is 0 Å². The van der Waals surface area contributed by atoms with Gasteiger partial charge in [0.1, 0.15) is 0 Å². The van der Waals surface area contributed by atoms with Gasteiger partial charge in [0.15, 0.2) is 0 Å². The van der Waals surface area contributed by atoms with E-state index in [2.05, 4.69) is 20.8 Å². The van der Waals surface area contributed by atoms with Gasteiger partial charge in [-0.1, -0.05) is 41.0 Å². The number of fused-ring (bicyclic) bond motifs is 5. The molecule has 4 rings (SSSR count). The summed E-state index contributed by atoms with van der Waals surface area (Å²) in [5.41, 5.74) is 0.880. The van der Waals surface area contributed by atoms with Crippen LogP contribution in [0.5, 0.6) is 0 Å². The molecular weight excluding hydrogens is 292 g/mol. The van der Waals surface area contributed by atoms with Crippen LogP contribution in [0.15, 0.2) is 0 Å². The first kappa shape index (κ1) is 18.7. The molecule has 1 heteroatoms. The Morgan fingerprint density at radius 1 is 0.875 bits per heavy atom. The zero-order valence-electron chi connectivity index (χ0n) is 17.0. The van der Waals surface area contributed by atoms with Crippen molar-refractivity contribution in [2.24, 2.45) is 34.5 Å². The van der Waals surface area contributed by atoms with Crippen molar-refractivity contribution in [1.82, 2.24) is 0 Å². The van der Waals surface area contributed by atoms with Crippen LogP contribution in [0.3, 0.4) is 0 Å². The lowest BCUT2D eigenvalue weighted by Gasteiger charge is -2.61. The van der Waals surface area contributed by atoms with E-state index >= 15 is 0 Å². The van der Waals surface area contributed by atoms with Crippen LogP contribution in [0, 0.1) is 34.5 Å². The summed E-state index contributed by atoms with van der Waals surface area (Å²) in [5, 5.41) is 10.8. The Kier molecular flexibility index (Phi) is 5.15. The second-order valence-corrected chi connectivity index (χ2v) is 10.0. The molecule has 0 radical (unpaired) electrons. The Labute approximate surface area is 151 Å². The minimum atomic E-state index is -0.340. The van der Waals surface area contributed by atoms with Gasteiger partial charge in [-0.3, -0.25) is 0 Å². The molecule has 1 N–H and O–H groups in total. The van der Waals surface area contributed by atoms with Crippen molar-refractivity contribution < 1.29 is 5.11 Å². The molecule has 0 bridgehead atoms. The Morgan fingerprint density at radius 3 is 2.33 bits per heavy atom. The van der Waals surface area contributed by atoms with E-state index in [0.29, 0.717) is 10.8 Å². The maximum atomic E-state index is 10.8. The normalized spacial score (nSPS) is 53.2. The molecule has 7 atom stereocenters. The summed E-state index contributed by atoms with van der Waals surface area (Å²) in [6.45, 7) is 11.4. The largest absolute Gasteiger partial charge is 0.390 e. The molecule has 0 aromatic carbocycles. The average Bonchev–Trinajstić information content (AvgIpc) is 2.99. The molecule has 4 aliphatic carbocycles. The van der Waals surface area contributed by atoms with E-state index in [9.17, 15) is 5.11 Å². The monoisotopic (exact) mass is 334 g/mol. The lowest BCUT2D eigenvalue weighted by molar-refractivity contribution is -0.147. The van der Waals surface area contributed by atoms with E-state index in [1.54, 1.807) is 0 Å². The zero-order chi connectivity index (χ0) is 17.6. The third kappa shape index (κ3) is 2.78. The van der Waals surface area contributed by atoms with E-state index in [1.807, 2.05) is 13.8 Å². The fourth-order valence-electron chi connectivity index (χ4n) is 7.64. The van der Waals surface area contributed by atoms with Crippen molar-refractivity contribution in [3.8, 4) is 0 Å². The van der Waals surface area contributed by atoms with Crippen molar-refractivity contribution in [2.45, 2.75) is 111 Å². The molecule has 0 saturated heterocycles. The maximum absolute atomic E-state index is 10.8. The van der Waals surface area contributed by atoms with Crippen LogP contribution in [0.1, 0.15) is 105 Å². The van der Waals surface area contributed by atoms with Gasteiger partial charge in [0.2, 0.25) is 0 Å². The minimum Gasteiger partial charge on any atom is -0.390 e. The Bertz CT molecular complexity index is 445. The van der Waals surface area contributed by atoms with Crippen molar-refractivity contribution >= 4 is 0 Å². The van der Waals surface area contributed by atoms with Crippen molar-refractivity contribution in [1.29, 1.82) is 0 Å². The van der Waals surface area contributed by atoms with Crippen molar-refractivity contribution in [2.75, 3.05) is 0 Å². The van der Waals surface area contributed by atoms with Gasteiger partial charge in [-0.05, 0) is 98.7 Å². The standard InChI is InChI=1S/C21H36O.C2H6/c1-4-21(22)13-12-20(3)15(14-21)7-8-16-17-6-5-10-19(17,2)11-9-18(16)20;1-2/h15-18,22H,4-14H2,1-3H3;1-2H3/t15?,16?,17?,18?,19?,20?,21-;/m0./s1. The first-order valence-corrected chi connectivity index (χ1v) is 11.1. The third-order valence-electron chi connectivity index (χ3n) is 9.26. The highest BCUT2D eigenvalue weighted by atomic mass is 16.3. The van der Waals surface area contributed by atoms with Crippen LogP contribution in [0.4, 0.5) is 0 Å². The Balaban J connectivity index is 0.000000815. The van der Waals surface area contributed by atoms with E-state index in [0.717, 1.165) is 42.9 Å². The van der Waals surface area contributed by atoms with E-state index in [-0.39, 0.29) is 5.60 Å². The van der Waals surface area contributed by atoms with Gasteiger partial charge in [0.25, 0.3) is 0 Å². The van der Waals surface area contributed by atoms with Crippen LogP contribution >= 0.6 is 0 Å². The minimum absolute atomic E-state index is 0.340. The molecule has 0 spiro atoms. The molecule has 0 aromatic rings. The average molecular weight is 335 g/mol. The highest BCUT2D eigenvalue weighted by molar-refractivity contribution is 5.08. The number of hydrogen-bond donors (Lipinski definition) is 1. The molecule has 0 aliphatic heterocycles. The van der Waals surface area contributed by atoms with Gasteiger partial charge in [-0.15, -0.1) is 0 Å². The summed E-state index contributed by atoms with van der Waals surface area (Å²) in [6, 6.07) is 0. The molecular formula is C23H42O. The summed E-state index contributed by atoms with van der Waals surface area (Å²) in [6.07, 6.45) is 14.7. The number of hydrogen-bond acceptors (Lipinski definition) is 1.